The first kappa shape index (κ1) is 24.8. The van der Waals surface area contributed by atoms with E-state index in [1.807, 2.05) is 0 Å². The summed E-state index contributed by atoms with van der Waals surface area (Å²) in [5.41, 5.74) is 4.62. The molecule has 1 unspecified atom stereocenters. The Labute approximate surface area is 206 Å². The number of rotatable bonds is 4. The molecule has 1 aliphatic heterocycles. The minimum absolute atomic E-state index is 0.0412. The van der Waals surface area contributed by atoms with Crippen molar-refractivity contribution in [3.63, 3.8) is 0 Å². The maximum absolute atomic E-state index is 13.7. The van der Waals surface area contributed by atoms with E-state index in [0.717, 1.165) is 18.2 Å². The average molecular weight is 527 g/mol. The Bertz CT molecular complexity index is 1350. The molecule has 182 valence electrons. The van der Waals surface area contributed by atoms with Gasteiger partial charge in [-0.2, -0.15) is 13.2 Å². The van der Waals surface area contributed by atoms with Crippen molar-refractivity contribution >= 4 is 40.7 Å². The van der Waals surface area contributed by atoms with Gasteiger partial charge in [-0.15, -0.1) is 0 Å². The first-order valence-corrected chi connectivity index (χ1v) is 10.9. The van der Waals surface area contributed by atoms with Crippen LogP contribution in [-0.4, -0.2) is 18.4 Å². The van der Waals surface area contributed by atoms with E-state index in [9.17, 15) is 27.2 Å². The molecule has 1 heterocycles. The number of ether oxygens (including phenoxy) is 1. The van der Waals surface area contributed by atoms with E-state index in [1.54, 1.807) is 0 Å². The SMILES string of the molecule is NC(=O)c1cc(NC(=O)c2cc(Cl)c(C(F)(F)F)cc2C2CCOc3cc(F)ccc32)ccc1Cl. The smallest absolute Gasteiger partial charge is 0.417 e. The number of nitrogens with two attached hydrogens (primary N) is 1. The van der Waals surface area contributed by atoms with Crippen LogP contribution in [0.2, 0.25) is 10.0 Å². The molecule has 0 saturated heterocycles. The van der Waals surface area contributed by atoms with Crippen LogP contribution in [-0.2, 0) is 6.18 Å². The number of benzene rings is 3. The molecule has 0 saturated carbocycles. The Morgan fingerprint density at radius 2 is 1.71 bits per heavy atom. The lowest BCUT2D eigenvalue weighted by molar-refractivity contribution is -0.137. The van der Waals surface area contributed by atoms with Gasteiger partial charge >= 0.3 is 6.18 Å². The van der Waals surface area contributed by atoms with Gasteiger partial charge in [0.05, 0.1) is 27.8 Å². The standard InChI is InChI=1S/C24H16Cl2F4N2O3/c25-19-4-2-12(8-17(19)22(31)33)32-23(34)16-10-20(26)18(24(28,29)30)9-15(16)13-5-6-35-21-7-11(27)1-3-14(13)21/h1-4,7-10,13H,5-6H2,(H2,31,33)(H,32,34). The zero-order chi connectivity index (χ0) is 25.5. The van der Waals surface area contributed by atoms with Gasteiger partial charge in [-0.3, -0.25) is 9.59 Å². The van der Waals surface area contributed by atoms with Crippen molar-refractivity contribution in [3.8, 4) is 5.75 Å². The average Bonchev–Trinajstić information content (AvgIpc) is 2.78. The van der Waals surface area contributed by atoms with Gasteiger partial charge in [-0.25, -0.2) is 4.39 Å². The van der Waals surface area contributed by atoms with Crippen LogP contribution < -0.4 is 15.8 Å². The van der Waals surface area contributed by atoms with Crippen LogP contribution in [0.5, 0.6) is 5.75 Å². The Morgan fingerprint density at radius 3 is 2.40 bits per heavy atom. The van der Waals surface area contributed by atoms with Gasteiger partial charge in [0.15, 0.2) is 0 Å². The van der Waals surface area contributed by atoms with Gasteiger partial charge < -0.3 is 15.8 Å². The zero-order valence-corrected chi connectivity index (χ0v) is 19.2. The van der Waals surface area contributed by atoms with E-state index in [4.69, 9.17) is 33.7 Å². The van der Waals surface area contributed by atoms with E-state index in [2.05, 4.69) is 5.32 Å². The summed E-state index contributed by atoms with van der Waals surface area (Å²) >= 11 is 11.9. The largest absolute Gasteiger partial charge is 0.493 e. The van der Waals surface area contributed by atoms with Crippen LogP contribution in [0.25, 0.3) is 0 Å². The minimum Gasteiger partial charge on any atom is -0.493 e. The van der Waals surface area contributed by atoms with Gasteiger partial charge in [0.2, 0.25) is 5.91 Å². The second-order valence-corrected chi connectivity index (χ2v) is 8.62. The molecule has 0 spiro atoms. The molecule has 0 bridgehead atoms. The van der Waals surface area contributed by atoms with Crippen LogP contribution in [0.3, 0.4) is 0 Å². The number of carbonyl (C=O) groups excluding carboxylic acids is 2. The normalized spacial score (nSPS) is 15.2. The summed E-state index contributed by atoms with van der Waals surface area (Å²) in [4.78, 5) is 24.8. The highest BCUT2D eigenvalue weighted by Crippen LogP contribution is 2.44. The van der Waals surface area contributed by atoms with Crippen molar-refractivity contribution in [1.29, 1.82) is 0 Å². The molecule has 0 radical (unpaired) electrons. The summed E-state index contributed by atoms with van der Waals surface area (Å²) in [6.07, 6.45) is -4.53. The molecule has 2 amide bonds. The van der Waals surface area contributed by atoms with Crippen molar-refractivity contribution < 1.29 is 31.9 Å². The van der Waals surface area contributed by atoms with Gasteiger partial charge in [0, 0.05) is 28.8 Å². The van der Waals surface area contributed by atoms with Crippen LogP contribution in [0.15, 0.2) is 48.5 Å². The van der Waals surface area contributed by atoms with E-state index in [1.165, 1.54) is 30.3 Å². The molecule has 1 aliphatic rings. The first-order valence-electron chi connectivity index (χ1n) is 10.2. The van der Waals surface area contributed by atoms with E-state index in [-0.39, 0.29) is 46.2 Å². The lowest BCUT2D eigenvalue weighted by atomic mass is 9.83. The number of hydrogen-bond donors (Lipinski definition) is 2. The third-order valence-corrected chi connectivity index (χ3v) is 6.21. The second kappa shape index (κ2) is 9.39. The van der Waals surface area contributed by atoms with E-state index < -0.39 is 40.3 Å². The molecular weight excluding hydrogens is 511 g/mol. The Hall–Kier alpha value is -3.30. The fourth-order valence-corrected chi connectivity index (χ4v) is 4.45. The fraction of sp³-hybridized carbons (Fsp3) is 0.167. The molecule has 11 heteroatoms. The first-order chi connectivity index (χ1) is 16.5. The summed E-state index contributed by atoms with van der Waals surface area (Å²) in [7, 11) is 0. The molecule has 4 rings (SSSR count). The van der Waals surface area contributed by atoms with Crippen molar-refractivity contribution in [3.05, 3.63) is 92.2 Å². The zero-order valence-electron chi connectivity index (χ0n) is 17.7. The molecule has 35 heavy (non-hydrogen) atoms. The highest BCUT2D eigenvalue weighted by atomic mass is 35.5. The molecule has 3 N–H and O–H groups in total. The minimum atomic E-state index is -4.77. The number of hydrogen-bond acceptors (Lipinski definition) is 3. The quantitative estimate of drug-likeness (QED) is 0.385. The molecule has 0 fully saturated rings. The fourth-order valence-electron chi connectivity index (χ4n) is 3.97. The van der Waals surface area contributed by atoms with Gasteiger partial charge in [0.25, 0.3) is 5.91 Å². The number of nitrogens with one attached hydrogen (secondary N) is 1. The lowest BCUT2D eigenvalue weighted by Gasteiger charge is -2.28. The molecule has 3 aromatic carbocycles. The monoisotopic (exact) mass is 526 g/mol. The third-order valence-electron chi connectivity index (χ3n) is 5.57. The van der Waals surface area contributed by atoms with Gasteiger partial charge in [-0.1, -0.05) is 29.3 Å². The molecule has 0 aliphatic carbocycles. The summed E-state index contributed by atoms with van der Waals surface area (Å²) in [5.74, 6) is -2.69. The number of primary amides is 1. The highest BCUT2D eigenvalue weighted by Gasteiger charge is 2.37. The van der Waals surface area contributed by atoms with E-state index >= 15 is 0 Å². The van der Waals surface area contributed by atoms with Crippen LogP contribution >= 0.6 is 23.2 Å². The number of alkyl halides is 3. The predicted molar refractivity (Wildman–Crippen MR) is 123 cm³/mol. The molecule has 3 aromatic rings. The summed E-state index contributed by atoms with van der Waals surface area (Å²) in [6.45, 7) is 0.102. The maximum Gasteiger partial charge on any atom is 0.417 e. The van der Waals surface area contributed by atoms with Crippen molar-refractivity contribution in [1.82, 2.24) is 0 Å². The Balaban J connectivity index is 1.82. The third kappa shape index (κ3) is 5.06. The van der Waals surface area contributed by atoms with Crippen LogP contribution in [0.1, 0.15) is 49.7 Å². The Kier molecular flexibility index (Phi) is 6.66. The summed E-state index contributed by atoms with van der Waals surface area (Å²) < 4.78 is 60.2. The molecule has 0 aromatic heterocycles. The highest BCUT2D eigenvalue weighted by molar-refractivity contribution is 6.34. The lowest BCUT2D eigenvalue weighted by Crippen LogP contribution is -2.22. The number of carbonyl (C=O) groups is 2. The van der Waals surface area contributed by atoms with Crippen LogP contribution in [0, 0.1) is 5.82 Å². The molecule has 5 nitrogen and oxygen atoms in total. The van der Waals surface area contributed by atoms with Crippen molar-refractivity contribution in [2.75, 3.05) is 11.9 Å². The maximum atomic E-state index is 13.7. The number of halogens is 6. The topological polar surface area (TPSA) is 81.4 Å². The van der Waals surface area contributed by atoms with Gasteiger partial charge in [-0.05, 0) is 48.4 Å². The van der Waals surface area contributed by atoms with Gasteiger partial charge in [0.1, 0.15) is 11.6 Å². The van der Waals surface area contributed by atoms with Crippen molar-refractivity contribution in [2.45, 2.75) is 18.5 Å². The second-order valence-electron chi connectivity index (χ2n) is 7.80. The summed E-state index contributed by atoms with van der Waals surface area (Å²) in [5, 5.41) is 1.95. The number of fused-ring (bicyclic) bond motifs is 1. The molecular formula is C24H16Cl2F4N2O3. The number of anilines is 1. The van der Waals surface area contributed by atoms with E-state index in [0.29, 0.717) is 5.56 Å². The summed E-state index contributed by atoms with van der Waals surface area (Å²) in [6, 6.07) is 9.50. The number of amides is 2. The van der Waals surface area contributed by atoms with Crippen molar-refractivity contribution in [2.24, 2.45) is 5.73 Å². The predicted octanol–water partition coefficient (Wildman–Crippen LogP) is 6.42. The Morgan fingerprint density at radius 1 is 0.971 bits per heavy atom. The molecule has 1 atom stereocenters. The van der Waals surface area contributed by atoms with Crippen LogP contribution in [0.4, 0.5) is 23.2 Å².